The molecule has 0 fully saturated rings. The number of para-hydroxylation sites is 1. The van der Waals surface area contributed by atoms with Gasteiger partial charge < -0.3 is 19.3 Å². The third-order valence-electron chi connectivity index (χ3n) is 7.11. The van der Waals surface area contributed by atoms with Gasteiger partial charge >= 0.3 is 0 Å². The molecule has 1 spiro atoms. The van der Waals surface area contributed by atoms with E-state index in [4.69, 9.17) is 4.42 Å². The molecule has 0 bridgehead atoms. The summed E-state index contributed by atoms with van der Waals surface area (Å²) in [6.45, 7) is 2.09. The Balaban J connectivity index is 1.66. The third-order valence-corrected chi connectivity index (χ3v) is 7.11. The van der Waals surface area contributed by atoms with Gasteiger partial charge in [-0.1, -0.05) is 60.2 Å². The molecule has 3 heterocycles. The second-order valence-electron chi connectivity index (χ2n) is 9.27. The van der Waals surface area contributed by atoms with E-state index in [0.717, 1.165) is 11.1 Å². The first kappa shape index (κ1) is 22.2. The van der Waals surface area contributed by atoms with Crippen LogP contribution in [0.4, 0.5) is 5.69 Å². The Kier molecular flexibility index (Phi) is 5.05. The number of aliphatic hydroxyl groups is 1. The molecule has 7 nitrogen and oxygen atoms in total. The van der Waals surface area contributed by atoms with Gasteiger partial charge in [0.2, 0.25) is 5.76 Å². The highest BCUT2D eigenvalue weighted by Crippen LogP contribution is 2.52. The summed E-state index contributed by atoms with van der Waals surface area (Å²) in [4.78, 5) is 45.4. The molecule has 0 aliphatic carbocycles. The number of hydrogen-bond acceptors (Lipinski definition) is 5. The van der Waals surface area contributed by atoms with Gasteiger partial charge in [-0.05, 0) is 37.1 Å². The van der Waals surface area contributed by atoms with Gasteiger partial charge in [0.15, 0.2) is 11.0 Å². The Morgan fingerprint density at radius 3 is 2.47 bits per heavy atom. The van der Waals surface area contributed by atoms with Crippen LogP contribution in [0, 0.1) is 6.92 Å². The predicted octanol–water partition coefficient (Wildman–Crippen LogP) is 3.73. The average Bonchev–Trinajstić information content (AvgIpc) is 3.28. The van der Waals surface area contributed by atoms with Gasteiger partial charge in [-0.25, -0.2) is 0 Å². The molecule has 180 valence electrons. The second kappa shape index (κ2) is 8.17. The molecule has 6 rings (SSSR count). The van der Waals surface area contributed by atoms with E-state index in [0.29, 0.717) is 22.2 Å². The van der Waals surface area contributed by atoms with Crippen LogP contribution in [-0.4, -0.2) is 35.0 Å². The van der Waals surface area contributed by atoms with E-state index in [-0.39, 0.29) is 48.8 Å². The fourth-order valence-corrected chi connectivity index (χ4v) is 5.56. The first-order valence-electron chi connectivity index (χ1n) is 11.9. The predicted molar refractivity (Wildman–Crippen MR) is 135 cm³/mol. The topological polar surface area (TPSA) is 91.1 Å². The number of hydrogen-bond donors (Lipinski definition) is 1. The zero-order valence-electron chi connectivity index (χ0n) is 19.7. The fourth-order valence-electron chi connectivity index (χ4n) is 5.56. The molecule has 36 heavy (non-hydrogen) atoms. The van der Waals surface area contributed by atoms with Crippen LogP contribution in [-0.2, 0) is 16.9 Å². The minimum Gasteiger partial charge on any atom is -0.450 e. The van der Waals surface area contributed by atoms with Crippen molar-refractivity contribution in [3.8, 4) is 0 Å². The number of carbonyl (C=O) groups is 2. The minimum absolute atomic E-state index is 0.0524. The maximum atomic E-state index is 14.5. The van der Waals surface area contributed by atoms with E-state index < -0.39 is 11.4 Å². The van der Waals surface area contributed by atoms with Crippen molar-refractivity contribution in [2.24, 2.45) is 0 Å². The molecule has 7 heteroatoms. The molecule has 0 saturated heterocycles. The van der Waals surface area contributed by atoms with E-state index in [2.05, 4.69) is 0 Å². The highest BCUT2D eigenvalue weighted by molar-refractivity contribution is 6.17. The van der Waals surface area contributed by atoms with Crippen molar-refractivity contribution < 1.29 is 19.1 Å². The van der Waals surface area contributed by atoms with Gasteiger partial charge in [0.25, 0.3) is 11.8 Å². The summed E-state index contributed by atoms with van der Waals surface area (Å²) in [6, 6.07) is 22.1. The molecule has 1 N–H and O–H groups in total. The summed E-state index contributed by atoms with van der Waals surface area (Å²) in [7, 11) is 0. The molecule has 3 aromatic carbocycles. The van der Waals surface area contributed by atoms with Crippen LogP contribution in [0.3, 0.4) is 0 Å². The highest BCUT2D eigenvalue weighted by Gasteiger charge is 2.64. The van der Waals surface area contributed by atoms with E-state index in [1.54, 1.807) is 29.2 Å². The number of amides is 2. The number of aliphatic hydroxyl groups excluding tert-OH is 1. The molecule has 2 aliphatic heterocycles. The lowest BCUT2D eigenvalue weighted by molar-refractivity contribution is -0.126. The number of rotatable bonds is 5. The van der Waals surface area contributed by atoms with Gasteiger partial charge in [0.05, 0.1) is 23.2 Å². The Bertz CT molecular complexity index is 1590. The van der Waals surface area contributed by atoms with E-state index in [1.165, 1.54) is 4.90 Å². The van der Waals surface area contributed by atoms with Crippen LogP contribution in [0.2, 0.25) is 0 Å². The van der Waals surface area contributed by atoms with Crippen molar-refractivity contribution in [2.45, 2.75) is 25.4 Å². The van der Waals surface area contributed by atoms with Crippen molar-refractivity contribution in [2.75, 3.05) is 18.1 Å². The first-order valence-corrected chi connectivity index (χ1v) is 11.9. The standard InChI is InChI=1S/C29H24N2O5/c1-18-12-13-23-20(16-18)25(33)24-26(36-23)27(34)31(14-7-15-32)29(24)21-10-5-6-11-22(21)30(28(29)35)17-19-8-3-2-4-9-19/h2-6,8-13,16,32H,7,14-15,17H2,1H3. The Hall–Kier alpha value is -4.23. The van der Waals surface area contributed by atoms with Gasteiger partial charge in [0.1, 0.15) is 5.58 Å². The van der Waals surface area contributed by atoms with Crippen molar-refractivity contribution in [3.63, 3.8) is 0 Å². The van der Waals surface area contributed by atoms with Crippen LogP contribution < -0.4 is 10.3 Å². The average molecular weight is 481 g/mol. The molecule has 0 saturated carbocycles. The summed E-state index contributed by atoms with van der Waals surface area (Å²) in [5, 5.41) is 9.92. The molecule has 2 amide bonds. The SMILES string of the molecule is Cc1ccc2oc3c(c(=O)c2c1)C1(C(=O)N(Cc2ccccc2)c2ccccc21)N(CCCO)C3=O. The normalized spacial score (nSPS) is 18.4. The van der Waals surface area contributed by atoms with Crippen LogP contribution in [0.15, 0.2) is 82.0 Å². The van der Waals surface area contributed by atoms with E-state index >= 15 is 0 Å². The molecular formula is C29H24N2O5. The third kappa shape index (κ3) is 2.93. The van der Waals surface area contributed by atoms with Crippen LogP contribution >= 0.6 is 0 Å². The Morgan fingerprint density at radius 2 is 1.69 bits per heavy atom. The zero-order chi connectivity index (χ0) is 25.0. The molecule has 2 aliphatic rings. The lowest BCUT2D eigenvalue weighted by Gasteiger charge is -2.34. The van der Waals surface area contributed by atoms with Crippen LogP contribution in [0.1, 0.15) is 39.2 Å². The Labute approximate surface area is 207 Å². The number of aryl methyl sites for hydroxylation is 1. The monoisotopic (exact) mass is 480 g/mol. The zero-order valence-corrected chi connectivity index (χ0v) is 19.7. The highest BCUT2D eigenvalue weighted by atomic mass is 16.3. The Morgan fingerprint density at radius 1 is 0.944 bits per heavy atom. The summed E-state index contributed by atoms with van der Waals surface area (Å²) in [5.41, 5.74) is 1.30. The van der Waals surface area contributed by atoms with Crippen molar-refractivity contribution >= 4 is 28.5 Å². The van der Waals surface area contributed by atoms with E-state index in [9.17, 15) is 19.5 Å². The summed E-state index contributed by atoms with van der Waals surface area (Å²) in [6.07, 6.45) is 0.252. The van der Waals surface area contributed by atoms with Crippen LogP contribution in [0.5, 0.6) is 0 Å². The number of nitrogens with zero attached hydrogens (tertiary/aromatic N) is 2. The van der Waals surface area contributed by atoms with Crippen molar-refractivity contribution in [1.29, 1.82) is 0 Å². The quantitative estimate of drug-likeness (QED) is 0.470. The van der Waals surface area contributed by atoms with Crippen LogP contribution in [0.25, 0.3) is 11.0 Å². The fraction of sp³-hybridized carbons (Fsp3) is 0.207. The summed E-state index contributed by atoms with van der Waals surface area (Å²) in [5.74, 6) is -1.02. The molecule has 0 radical (unpaired) electrons. The van der Waals surface area contributed by atoms with Gasteiger partial charge in [-0.2, -0.15) is 0 Å². The molecular weight excluding hydrogens is 456 g/mol. The second-order valence-corrected chi connectivity index (χ2v) is 9.27. The number of fused-ring (bicyclic) bond motifs is 5. The molecule has 1 unspecified atom stereocenters. The molecule has 1 atom stereocenters. The maximum absolute atomic E-state index is 14.5. The summed E-state index contributed by atoms with van der Waals surface area (Å²) >= 11 is 0. The molecule has 4 aromatic rings. The minimum atomic E-state index is -1.66. The lowest BCUT2D eigenvalue weighted by atomic mass is 9.84. The molecule has 1 aromatic heterocycles. The lowest BCUT2D eigenvalue weighted by Crippen LogP contribution is -2.53. The van der Waals surface area contributed by atoms with Gasteiger partial charge in [-0.3, -0.25) is 14.4 Å². The number of carbonyl (C=O) groups excluding carboxylic acids is 2. The maximum Gasteiger partial charge on any atom is 0.291 e. The van der Waals surface area contributed by atoms with Crippen molar-refractivity contribution in [1.82, 2.24) is 4.90 Å². The van der Waals surface area contributed by atoms with E-state index in [1.807, 2.05) is 55.5 Å². The van der Waals surface area contributed by atoms with Gasteiger partial charge in [-0.15, -0.1) is 0 Å². The summed E-state index contributed by atoms with van der Waals surface area (Å²) < 4.78 is 6.04. The van der Waals surface area contributed by atoms with Crippen molar-refractivity contribution in [3.05, 3.63) is 111 Å². The number of benzene rings is 3. The smallest absolute Gasteiger partial charge is 0.291 e. The first-order chi connectivity index (χ1) is 17.5. The largest absolute Gasteiger partial charge is 0.450 e. The number of anilines is 1. The van der Waals surface area contributed by atoms with Gasteiger partial charge in [0, 0.05) is 18.7 Å².